The molecular formula is C22H25N3O2. The minimum Gasteiger partial charge on any atom is -0.459 e. The number of pyridine rings is 2. The van der Waals surface area contributed by atoms with Crippen LogP contribution >= 0.6 is 0 Å². The molecule has 0 radical (unpaired) electrons. The van der Waals surface area contributed by atoms with Gasteiger partial charge in [-0.15, -0.1) is 0 Å². The van der Waals surface area contributed by atoms with Crippen LogP contribution < -0.4 is 5.32 Å². The molecule has 0 saturated carbocycles. The van der Waals surface area contributed by atoms with Gasteiger partial charge in [0.2, 0.25) is 0 Å². The number of carbonyl (C=O) groups is 1. The van der Waals surface area contributed by atoms with Gasteiger partial charge in [-0.1, -0.05) is 26.0 Å². The maximum Gasteiger partial charge on any atom is 0.342 e. The number of hydrogen-bond acceptors (Lipinski definition) is 5. The zero-order valence-electron chi connectivity index (χ0n) is 16.4. The van der Waals surface area contributed by atoms with Gasteiger partial charge in [0.1, 0.15) is 5.56 Å². The van der Waals surface area contributed by atoms with Crippen molar-refractivity contribution in [1.82, 2.24) is 9.97 Å². The number of anilines is 2. The van der Waals surface area contributed by atoms with Crippen LogP contribution in [-0.4, -0.2) is 22.0 Å². The number of fused-ring (bicyclic) bond motifs is 1. The molecular weight excluding hydrogens is 338 g/mol. The molecule has 2 heterocycles. The molecule has 0 aliphatic carbocycles. The predicted molar refractivity (Wildman–Crippen MR) is 109 cm³/mol. The monoisotopic (exact) mass is 363 g/mol. The Balaban J connectivity index is 2.12. The molecule has 0 aliphatic rings. The zero-order chi connectivity index (χ0) is 19.6. The number of carbonyl (C=O) groups excluding carboxylic acids is 1. The molecule has 0 spiro atoms. The summed E-state index contributed by atoms with van der Waals surface area (Å²) in [6, 6.07) is 12.0. The molecule has 5 heteroatoms. The van der Waals surface area contributed by atoms with Crippen LogP contribution in [0.4, 0.5) is 11.4 Å². The third-order valence-electron chi connectivity index (χ3n) is 4.25. The molecule has 3 rings (SSSR count). The summed E-state index contributed by atoms with van der Waals surface area (Å²) in [7, 11) is 0. The Morgan fingerprint density at radius 3 is 2.59 bits per heavy atom. The Labute approximate surface area is 159 Å². The highest BCUT2D eigenvalue weighted by molar-refractivity contribution is 6.05. The number of aromatic nitrogens is 2. The molecule has 1 aromatic carbocycles. The van der Waals surface area contributed by atoms with Gasteiger partial charge in [-0.3, -0.25) is 0 Å². The lowest BCUT2D eigenvalue weighted by Gasteiger charge is -2.16. The van der Waals surface area contributed by atoms with Crippen LogP contribution in [0.25, 0.3) is 11.0 Å². The quantitative estimate of drug-likeness (QED) is 0.617. The molecule has 27 heavy (non-hydrogen) atoms. The molecule has 3 aromatic rings. The van der Waals surface area contributed by atoms with Crippen LogP contribution in [0.3, 0.4) is 0 Å². The number of hydrogen-bond donors (Lipinski definition) is 1. The molecule has 0 saturated heterocycles. The van der Waals surface area contributed by atoms with Crippen molar-refractivity contribution in [2.45, 2.75) is 46.6 Å². The number of benzene rings is 1. The Bertz CT molecular complexity index is 980. The first-order valence-electron chi connectivity index (χ1n) is 9.19. The molecule has 0 aliphatic heterocycles. The highest BCUT2D eigenvalue weighted by Gasteiger charge is 2.19. The van der Waals surface area contributed by atoms with E-state index in [1.54, 1.807) is 0 Å². The Morgan fingerprint density at radius 1 is 1.11 bits per heavy atom. The van der Waals surface area contributed by atoms with Crippen molar-refractivity contribution in [2.75, 3.05) is 5.32 Å². The van der Waals surface area contributed by atoms with E-state index in [0.29, 0.717) is 22.8 Å². The van der Waals surface area contributed by atoms with E-state index in [4.69, 9.17) is 4.74 Å². The van der Waals surface area contributed by atoms with Crippen LogP contribution in [0.1, 0.15) is 55.2 Å². The van der Waals surface area contributed by atoms with E-state index in [0.717, 1.165) is 16.8 Å². The van der Waals surface area contributed by atoms with Crippen molar-refractivity contribution in [3.05, 3.63) is 59.4 Å². The first-order valence-corrected chi connectivity index (χ1v) is 9.19. The summed E-state index contributed by atoms with van der Waals surface area (Å²) in [5.41, 5.74) is 4.67. The standard InChI is InChI=1S/C22H25N3O2/c1-13(2)16-7-6-8-17(11-16)25-20-18-10-9-15(5)24-21(18)23-12-19(20)22(26)27-14(3)4/h6-14H,1-5H3,(H,23,24,25). The fourth-order valence-electron chi connectivity index (χ4n) is 2.86. The van der Waals surface area contributed by atoms with Crippen LogP contribution in [0.2, 0.25) is 0 Å². The molecule has 2 aromatic heterocycles. The van der Waals surface area contributed by atoms with Gasteiger partial charge in [0.15, 0.2) is 5.65 Å². The number of nitrogens with one attached hydrogen (secondary N) is 1. The molecule has 0 fully saturated rings. The Kier molecular flexibility index (Phi) is 5.40. The summed E-state index contributed by atoms with van der Waals surface area (Å²) in [6.07, 6.45) is 1.33. The summed E-state index contributed by atoms with van der Waals surface area (Å²) in [5.74, 6) is 0.0121. The minimum absolute atomic E-state index is 0.207. The predicted octanol–water partition coefficient (Wildman–Crippen LogP) is 5.37. The van der Waals surface area contributed by atoms with Crippen LogP contribution in [0.5, 0.6) is 0 Å². The highest BCUT2D eigenvalue weighted by atomic mass is 16.5. The largest absolute Gasteiger partial charge is 0.459 e. The van der Waals surface area contributed by atoms with Gasteiger partial charge in [0.05, 0.1) is 11.8 Å². The lowest BCUT2D eigenvalue weighted by molar-refractivity contribution is 0.0379. The molecule has 0 amide bonds. The van der Waals surface area contributed by atoms with Crippen molar-refractivity contribution >= 4 is 28.4 Å². The highest BCUT2D eigenvalue weighted by Crippen LogP contribution is 2.30. The first-order chi connectivity index (χ1) is 12.8. The van der Waals surface area contributed by atoms with Gasteiger partial charge in [-0.05, 0) is 56.5 Å². The van der Waals surface area contributed by atoms with Gasteiger partial charge in [-0.25, -0.2) is 14.8 Å². The fourth-order valence-corrected chi connectivity index (χ4v) is 2.86. The number of esters is 1. The summed E-state index contributed by atoms with van der Waals surface area (Å²) in [5, 5.41) is 4.19. The molecule has 5 nitrogen and oxygen atoms in total. The van der Waals surface area contributed by atoms with Crippen molar-refractivity contribution in [2.24, 2.45) is 0 Å². The van der Waals surface area contributed by atoms with E-state index in [-0.39, 0.29) is 6.10 Å². The lowest BCUT2D eigenvalue weighted by Crippen LogP contribution is -2.14. The second-order valence-corrected chi connectivity index (χ2v) is 7.23. The summed E-state index contributed by atoms with van der Waals surface area (Å²) in [4.78, 5) is 21.5. The number of ether oxygens (including phenoxy) is 1. The number of aryl methyl sites for hydroxylation is 1. The van der Waals surface area contributed by atoms with Crippen molar-refractivity contribution < 1.29 is 9.53 Å². The fraction of sp³-hybridized carbons (Fsp3) is 0.318. The maximum atomic E-state index is 12.6. The molecule has 140 valence electrons. The Morgan fingerprint density at radius 2 is 1.89 bits per heavy atom. The summed E-state index contributed by atoms with van der Waals surface area (Å²) < 4.78 is 5.41. The average Bonchev–Trinajstić information content (AvgIpc) is 2.61. The van der Waals surface area contributed by atoms with E-state index in [1.807, 2.05) is 45.0 Å². The van der Waals surface area contributed by atoms with Gasteiger partial charge in [0.25, 0.3) is 0 Å². The topological polar surface area (TPSA) is 64.1 Å². The average molecular weight is 363 g/mol. The van der Waals surface area contributed by atoms with Crippen LogP contribution in [-0.2, 0) is 4.74 Å². The van der Waals surface area contributed by atoms with Crippen molar-refractivity contribution in [1.29, 1.82) is 0 Å². The van der Waals surface area contributed by atoms with Gasteiger partial charge < -0.3 is 10.1 Å². The van der Waals surface area contributed by atoms with E-state index < -0.39 is 5.97 Å². The Hall–Kier alpha value is -2.95. The third-order valence-corrected chi connectivity index (χ3v) is 4.25. The third kappa shape index (κ3) is 4.25. The minimum atomic E-state index is -0.400. The summed E-state index contributed by atoms with van der Waals surface area (Å²) >= 11 is 0. The number of rotatable bonds is 5. The molecule has 1 N–H and O–H groups in total. The van der Waals surface area contributed by atoms with E-state index in [9.17, 15) is 4.79 Å². The zero-order valence-corrected chi connectivity index (χ0v) is 16.4. The molecule has 0 atom stereocenters. The van der Waals surface area contributed by atoms with Crippen LogP contribution in [0, 0.1) is 6.92 Å². The van der Waals surface area contributed by atoms with Crippen molar-refractivity contribution in [3.63, 3.8) is 0 Å². The smallest absolute Gasteiger partial charge is 0.342 e. The molecule has 0 bridgehead atoms. The van der Waals surface area contributed by atoms with E-state index in [1.165, 1.54) is 11.8 Å². The van der Waals surface area contributed by atoms with Gasteiger partial charge in [0, 0.05) is 23.0 Å². The second kappa shape index (κ2) is 7.74. The summed E-state index contributed by atoms with van der Waals surface area (Å²) in [6.45, 7) is 9.88. The molecule has 0 unspecified atom stereocenters. The SMILES string of the molecule is Cc1ccc2c(Nc3cccc(C(C)C)c3)c(C(=O)OC(C)C)cnc2n1. The second-order valence-electron chi connectivity index (χ2n) is 7.23. The van der Waals surface area contributed by atoms with Gasteiger partial charge >= 0.3 is 5.97 Å². The lowest BCUT2D eigenvalue weighted by atomic mass is 10.0. The normalized spacial score (nSPS) is 11.2. The van der Waals surface area contributed by atoms with Crippen LogP contribution in [0.15, 0.2) is 42.6 Å². The maximum absolute atomic E-state index is 12.6. The van der Waals surface area contributed by atoms with E-state index >= 15 is 0 Å². The van der Waals surface area contributed by atoms with E-state index in [2.05, 4.69) is 41.3 Å². The number of nitrogens with zero attached hydrogens (tertiary/aromatic N) is 2. The first kappa shape index (κ1) is 18.8. The van der Waals surface area contributed by atoms with Gasteiger partial charge in [-0.2, -0.15) is 0 Å². The van der Waals surface area contributed by atoms with Crippen molar-refractivity contribution in [3.8, 4) is 0 Å².